The van der Waals surface area contributed by atoms with E-state index in [0.29, 0.717) is 0 Å². The molecule has 1 amide bonds. The third kappa shape index (κ3) is 2.39. The summed E-state index contributed by atoms with van der Waals surface area (Å²) < 4.78 is 0. The zero-order valence-corrected chi connectivity index (χ0v) is 9.25. The Morgan fingerprint density at radius 3 is 2.59 bits per heavy atom. The van der Waals surface area contributed by atoms with Gasteiger partial charge in [-0.3, -0.25) is 9.59 Å². The standard InChI is InChI=1S/C12H11N3O2/c1-15(9-5-3-2-4-6-9)12(17)10-7-14-11(16)8-13-10/h2-8H,1H3,(H,14,16). The fourth-order valence-corrected chi connectivity index (χ4v) is 1.40. The van der Waals surface area contributed by atoms with Gasteiger partial charge in [0, 0.05) is 18.9 Å². The van der Waals surface area contributed by atoms with E-state index in [1.165, 1.54) is 11.1 Å². The van der Waals surface area contributed by atoms with Crippen molar-refractivity contribution in [2.45, 2.75) is 0 Å². The SMILES string of the molecule is CN(C(=O)c1c[nH]c(=O)cn1)c1ccccc1. The van der Waals surface area contributed by atoms with E-state index in [0.717, 1.165) is 11.9 Å². The molecule has 5 heteroatoms. The molecule has 0 fully saturated rings. The zero-order valence-electron chi connectivity index (χ0n) is 9.25. The lowest BCUT2D eigenvalue weighted by atomic mass is 10.3. The number of aromatic amines is 1. The van der Waals surface area contributed by atoms with Crippen molar-refractivity contribution in [3.05, 3.63) is 58.8 Å². The van der Waals surface area contributed by atoms with Crippen LogP contribution in [0.5, 0.6) is 0 Å². The summed E-state index contributed by atoms with van der Waals surface area (Å²) in [5.74, 6) is -0.271. The number of hydrogen-bond acceptors (Lipinski definition) is 3. The summed E-state index contributed by atoms with van der Waals surface area (Å²) >= 11 is 0. The second kappa shape index (κ2) is 4.61. The summed E-state index contributed by atoms with van der Waals surface area (Å²) in [6.45, 7) is 0. The normalized spacial score (nSPS) is 9.94. The number of anilines is 1. The molecule has 0 aliphatic rings. The molecule has 0 radical (unpaired) electrons. The van der Waals surface area contributed by atoms with Gasteiger partial charge < -0.3 is 9.88 Å². The van der Waals surface area contributed by atoms with Crippen molar-refractivity contribution in [1.29, 1.82) is 0 Å². The lowest BCUT2D eigenvalue weighted by Gasteiger charge is -2.16. The Morgan fingerprint density at radius 1 is 1.29 bits per heavy atom. The molecule has 2 rings (SSSR count). The van der Waals surface area contributed by atoms with E-state index in [-0.39, 0.29) is 17.2 Å². The molecule has 0 unspecified atom stereocenters. The molecular formula is C12H11N3O2. The van der Waals surface area contributed by atoms with Crippen molar-refractivity contribution < 1.29 is 4.79 Å². The number of benzene rings is 1. The summed E-state index contributed by atoms with van der Waals surface area (Å²) in [4.78, 5) is 30.5. The molecule has 5 nitrogen and oxygen atoms in total. The Bertz CT molecular complexity index is 557. The minimum atomic E-state index is -0.330. The fourth-order valence-electron chi connectivity index (χ4n) is 1.40. The molecule has 1 N–H and O–H groups in total. The van der Waals surface area contributed by atoms with E-state index in [9.17, 15) is 9.59 Å². The first-order chi connectivity index (χ1) is 8.18. The number of H-pyrrole nitrogens is 1. The van der Waals surface area contributed by atoms with Crippen LogP contribution in [0.1, 0.15) is 10.5 Å². The van der Waals surface area contributed by atoms with Crippen LogP contribution in [0.15, 0.2) is 47.5 Å². The van der Waals surface area contributed by atoms with Crippen LogP contribution < -0.4 is 10.5 Å². The number of aromatic nitrogens is 2. The van der Waals surface area contributed by atoms with Crippen LogP contribution in [-0.4, -0.2) is 22.9 Å². The quantitative estimate of drug-likeness (QED) is 0.836. The molecule has 0 spiro atoms. The molecule has 0 aliphatic carbocycles. The number of amides is 1. The Kier molecular flexibility index (Phi) is 3.00. The molecule has 86 valence electrons. The average molecular weight is 229 g/mol. The number of nitrogens with one attached hydrogen (secondary N) is 1. The molecule has 0 aliphatic heterocycles. The van der Waals surface area contributed by atoms with Crippen molar-refractivity contribution >= 4 is 11.6 Å². The number of carbonyl (C=O) groups is 1. The molecule has 17 heavy (non-hydrogen) atoms. The van der Waals surface area contributed by atoms with Gasteiger partial charge in [0.05, 0.1) is 6.20 Å². The Labute approximate surface area is 97.7 Å². The van der Waals surface area contributed by atoms with Gasteiger partial charge in [0.25, 0.3) is 11.5 Å². The molecular weight excluding hydrogens is 218 g/mol. The molecule has 0 bridgehead atoms. The van der Waals surface area contributed by atoms with Gasteiger partial charge in [-0.05, 0) is 12.1 Å². The number of rotatable bonds is 2. The van der Waals surface area contributed by atoms with Crippen molar-refractivity contribution in [2.75, 3.05) is 11.9 Å². The lowest BCUT2D eigenvalue weighted by Crippen LogP contribution is -2.27. The summed E-state index contributed by atoms with van der Waals surface area (Å²) in [6.07, 6.45) is 2.40. The molecule has 0 saturated carbocycles. The highest BCUT2D eigenvalue weighted by molar-refractivity contribution is 6.04. The van der Waals surface area contributed by atoms with Gasteiger partial charge in [0.2, 0.25) is 0 Å². The van der Waals surface area contributed by atoms with Crippen LogP contribution in [-0.2, 0) is 0 Å². The minimum absolute atomic E-state index is 0.205. The van der Waals surface area contributed by atoms with Gasteiger partial charge in [0.15, 0.2) is 0 Å². The maximum atomic E-state index is 12.0. The average Bonchev–Trinajstić information content (AvgIpc) is 2.39. The van der Waals surface area contributed by atoms with Gasteiger partial charge in [-0.2, -0.15) is 0 Å². The van der Waals surface area contributed by atoms with Gasteiger partial charge >= 0.3 is 0 Å². The largest absolute Gasteiger partial charge is 0.325 e. The van der Waals surface area contributed by atoms with Crippen molar-refractivity contribution in [1.82, 2.24) is 9.97 Å². The summed E-state index contributed by atoms with van der Waals surface area (Å²) in [5, 5.41) is 0. The highest BCUT2D eigenvalue weighted by Crippen LogP contribution is 2.12. The molecule has 0 atom stereocenters. The maximum Gasteiger partial charge on any atom is 0.278 e. The predicted octanol–water partition coefficient (Wildman–Crippen LogP) is 1.05. The second-order valence-corrected chi connectivity index (χ2v) is 3.50. The van der Waals surface area contributed by atoms with E-state index < -0.39 is 0 Å². The second-order valence-electron chi connectivity index (χ2n) is 3.50. The van der Waals surface area contributed by atoms with E-state index in [1.807, 2.05) is 30.3 Å². The van der Waals surface area contributed by atoms with Crippen LogP contribution in [0.25, 0.3) is 0 Å². The highest BCUT2D eigenvalue weighted by Gasteiger charge is 2.14. The summed E-state index contributed by atoms with van der Waals surface area (Å²) in [7, 11) is 1.66. The van der Waals surface area contributed by atoms with Crippen molar-refractivity contribution in [2.24, 2.45) is 0 Å². The predicted molar refractivity (Wildman–Crippen MR) is 64.0 cm³/mol. The van der Waals surface area contributed by atoms with Gasteiger partial charge in [0.1, 0.15) is 5.69 Å². The Balaban J connectivity index is 2.26. The third-order valence-corrected chi connectivity index (χ3v) is 2.34. The van der Waals surface area contributed by atoms with Crippen LogP contribution in [0, 0.1) is 0 Å². The van der Waals surface area contributed by atoms with E-state index in [4.69, 9.17) is 0 Å². The van der Waals surface area contributed by atoms with Crippen molar-refractivity contribution in [3.8, 4) is 0 Å². The van der Waals surface area contributed by atoms with Crippen LogP contribution >= 0.6 is 0 Å². The fraction of sp³-hybridized carbons (Fsp3) is 0.0833. The van der Waals surface area contributed by atoms with Gasteiger partial charge in [-0.15, -0.1) is 0 Å². The van der Waals surface area contributed by atoms with Crippen LogP contribution in [0.2, 0.25) is 0 Å². The van der Waals surface area contributed by atoms with Gasteiger partial charge in [-0.1, -0.05) is 18.2 Å². The number of carbonyl (C=O) groups excluding carboxylic acids is 1. The first kappa shape index (κ1) is 11.1. The van der Waals surface area contributed by atoms with Crippen LogP contribution in [0.4, 0.5) is 5.69 Å². The van der Waals surface area contributed by atoms with E-state index in [1.54, 1.807) is 7.05 Å². The smallest absolute Gasteiger partial charge is 0.278 e. The molecule has 1 heterocycles. The topological polar surface area (TPSA) is 66.1 Å². The minimum Gasteiger partial charge on any atom is -0.325 e. The maximum absolute atomic E-state index is 12.0. The van der Waals surface area contributed by atoms with E-state index in [2.05, 4.69) is 9.97 Å². The number of hydrogen-bond donors (Lipinski definition) is 1. The summed E-state index contributed by atoms with van der Waals surface area (Å²) in [5.41, 5.74) is 0.644. The summed E-state index contributed by atoms with van der Waals surface area (Å²) in [6, 6.07) is 9.21. The zero-order chi connectivity index (χ0) is 12.3. The first-order valence-electron chi connectivity index (χ1n) is 5.06. The molecule has 1 aromatic carbocycles. The van der Waals surface area contributed by atoms with Crippen molar-refractivity contribution in [3.63, 3.8) is 0 Å². The number of nitrogens with zero attached hydrogens (tertiary/aromatic N) is 2. The third-order valence-electron chi connectivity index (χ3n) is 2.34. The first-order valence-corrected chi connectivity index (χ1v) is 5.06. The van der Waals surface area contributed by atoms with Crippen LogP contribution in [0.3, 0.4) is 0 Å². The Morgan fingerprint density at radius 2 is 2.00 bits per heavy atom. The monoisotopic (exact) mass is 229 g/mol. The van der Waals surface area contributed by atoms with Gasteiger partial charge in [-0.25, -0.2) is 4.98 Å². The number of para-hydroxylation sites is 1. The molecule has 0 saturated heterocycles. The highest BCUT2D eigenvalue weighted by atomic mass is 16.2. The lowest BCUT2D eigenvalue weighted by molar-refractivity contribution is 0.0988. The molecule has 1 aromatic heterocycles. The van der Waals surface area contributed by atoms with E-state index >= 15 is 0 Å². The Hall–Kier alpha value is -2.43. The molecule has 2 aromatic rings.